The number of aliphatic hydroxyl groups is 1. The lowest BCUT2D eigenvalue weighted by molar-refractivity contribution is -0.133. The summed E-state index contributed by atoms with van der Waals surface area (Å²) in [6.07, 6.45) is -0.837. The molecule has 3 N–H and O–H groups in total. The van der Waals surface area contributed by atoms with E-state index in [9.17, 15) is 23.1 Å². The number of alkyl carbamates (subject to hydrolysis) is 1. The van der Waals surface area contributed by atoms with Crippen molar-refractivity contribution in [2.75, 3.05) is 6.26 Å². The number of hydrogen-bond acceptors (Lipinski definition) is 7. The van der Waals surface area contributed by atoms with E-state index in [2.05, 4.69) is 10.6 Å². The van der Waals surface area contributed by atoms with Crippen LogP contribution in [-0.4, -0.2) is 66.6 Å². The molecule has 0 radical (unpaired) electrons. The Morgan fingerprint density at radius 3 is 2.21 bits per heavy atom. The Morgan fingerprint density at radius 1 is 1.08 bits per heavy atom. The van der Waals surface area contributed by atoms with Crippen molar-refractivity contribution in [2.45, 2.75) is 82.4 Å². The molecule has 1 aliphatic rings. The Kier molecular flexibility index (Phi) is 9.22. The third-order valence-corrected chi connectivity index (χ3v) is 7.45. The first-order chi connectivity index (χ1) is 17.7. The summed E-state index contributed by atoms with van der Waals surface area (Å²) < 4.78 is 29.0. The van der Waals surface area contributed by atoms with Crippen LogP contribution < -0.4 is 10.6 Å². The highest BCUT2D eigenvalue weighted by Gasteiger charge is 2.46. The van der Waals surface area contributed by atoms with Crippen molar-refractivity contribution >= 4 is 21.8 Å². The molecular formula is C28H39N3O6S. The van der Waals surface area contributed by atoms with Gasteiger partial charge in [0.25, 0.3) is 0 Å². The zero-order chi connectivity index (χ0) is 28.3. The van der Waals surface area contributed by atoms with Gasteiger partial charge in [-0.1, -0.05) is 56.3 Å². The average molecular weight is 546 g/mol. The van der Waals surface area contributed by atoms with Crippen LogP contribution in [0.4, 0.5) is 4.79 Å². The zero-order valence-electron chi connectivity index (χ0n) is 22.8. The highest BCUT2D eigenvalue weighted by Crippen LogP contribution is 2.25. The van der Waals surface area contributed by atoms with E-state index in [1.165, 1.54) is 12.1 Å². The molecule has 0 spiro atoms. The Hall–Kier alpha value is -2.95. The normalized spacial score (nSPS) is 19.9. The summed E-state index contributed by atoms with van der Waals surface area (Å²) in [5.41, 5.74) is 0.933. The average Bonchev–Trinajstić information content (AvgIpc) is 3.13. The zero-order valence-corrected chi connectivity index (χ0v) is 23.7. The van der Waals surface area contributed by atoms with E-state index in [4.69, 9.17) is 4.74 Å². The topological polar surface area (TPSA) is 125 Å². The third-order valence-electron chi connectivity index (χ3n) is 6.33. The summed E-state index contributed by atoms with van der Waals surface area (Å²) in [5.74, 6) is -0.273. The minimum atomic E-state index is -3.33. The molecule has 4 atom stereocenters. The standard InChI is InChI=1S/C28H39N3O6S/c1-18(2)25-30-23(26(33)31(25)17-20-12-14-21(15-13-20)38(6,35)36)24(32)22(16-19-10-8-7-9-11-19)29-27(34)37-28(3,4)5/h7-15,18,22-25,30,32H,16-17H2,1-6H3,(H,29,34)/t22?,23-,24-,25?/m0/s1. The Balaban J connectivity index is 1.83. The summed E-state index contributed by atoms with van der Waals surface area (Å²) in [4.78, 5) is 28.1. The molecule has 0 aliphatic carbocycles. The van der Waals surface area contributed by atoms with Crippen LogP contribution in [0.2, 0.25) is 0 Å². The largest absolute Gasteiger partial charge is 0.444 e. The van der Waals surface area contributed by atoms with Crippen LogP contribution in [0.1, 0.15) is 45.7 Å². The Bertz CT molecular complexity index is 1210. The number of rotatable bonds is 9. The van der Waals surface area contributed by atoms with Crippen LogP contribution in [-0.2, 0) is 32.3 Å². The molecule has 208 valence electrons. The number of carbonyl (C=O) groups is 2. The second-order valence-corrected chi connectivity index (χ2v) is 13.2. The predicted molar refractivity (Wildman–Crippen MR) is 145 cm³/mol. The SMILES string of the molecule is CC(C)C1N[C@@H]([C@@H](O)C(Cc2ccccc2)NC(=O)OC(C)(C)C)C(=O)N1Cc1ccc(S(C)(=O)=O)cc1. The molecule has 38 heavy (non-hydrogen) atoms. The molecular weight excluding hydrogens is 506 g/mol. The maximum atomic E-state index is 13.6. The molecule has 10 heteroatoms. The van der Waals surface area contributed by atoms with E-state index < -0.39 is 39.7 Å². The van der Waals surface area contributed by atoms with Gasteiger partial charge in [-0.2, -0.15) is 0 Å². The van der Waals surface area contributed by atoms with E-state index >= 15 is 0 Å². The lowest BCUT2D eigenvalue weighted by atomic mass is 9.96. The predicted octanol–water partition coefficient (Wildman–Crippen LogP) is 2.87. The molecule has 0 aromatic heterocycles. The first-order valence-corrected chi connectivity index (χ1v) is 14.6. The summed E-state index contributed by atoms with van der Waals surface area (Å²) in [5, 5.41) is 17.5. The van der Waals surface area contributed by atoms with Crippen molar-refractivity contribution in [3.8, 4) is 0 Å². The minimum absolute atomic E-state index is 0.0258. The third kappa shape index (κ3) is 7.78. The molecule has 2 aromatic carbocycles. The highest BCUT2D eigenvalue weighted by molar-refractivity contribution is 7.90. The van der Waals surface area contributed by atoms with E-state index in [1.54, 1.807) is 37.8 Å². The van der Waals surface area contributed by atoms with Crippen LogP contribution in [0.25, 0.3) is 0 Å². The molecule has 2 amide bonds. The van der Waals surface area contributed by atoms with Gasteiger partial charge in [0.1, 0.15) is 11.6 Å². The number of sulfone groups is 1. The fourth-order valence-electron chi connectivity index (χ4n) is 4.49. The maximum absolute atomic E-state index is 13.6. The number of carbonyl (C=O) groups excluding carboxylic acids is 2. The van der Waals surface area contributed by atoms with Gasteiger partial charge in [0.15, 0.2) is 9.84 Å². The number of nitrogens with zero attached hydrogens (tertiary/aromatic N) is 1. The quantitative estimate of drug-likeness (QED) is 0.443. The van der Waals surface area contributed by atoms with Gasteiger partial charge in [0, 0.05) is 12.8 Å². The second kappa shape index (κ2) is 11.8. The second-order valence-electron chi connectivity index (χ2n) is 11.1. The van der Waals surface area contributed by atoms with Gasteiger partial charge in [0.2, 0.25) is 5.91 Å². The van der Waals surface area contributed by atoms with Gasteiger partial charge in [-0.25, -0.2) is 13.2 Å². The summed E-state index contributed by atoms with van der Waals surface area (Å²) >= 11 is 0. The lowest BCUT2D eigenvalue weighted by Crippen LogP contribution is -2.55. The fraction of sp³-hybridized carbons (Fsp3) is 0.500. The van der Waals surface area contributed by atoms with Gasteiger partial charge in [-0.05, 0) is 56.4 Å². The molecule has 3 rings (SSSR count). The van der Waals surface area contributed by atoms with Gasteiger partial charge >= 0.3 is 6.09 Å². The molecule has 1 fully saturated rings. The van der Waals surface area contributed by atoms with E-state index in [0.29, 0.717) is 6.42 Å². The summed E-state index contributed by atoms with van der Waals surface area (Å²) in [7, 11) is -3.33. The number of nitrogens with one attached hydrogen (secondary N) is 2. The fourth-order valence-corrected chi connectivity index (χ4v) is 5.12. The number of aliphatic hydroxyl groups excluding tert-OH is 1. The van der Waals surface area contributed by atoms with Crippen molar-refractivity contribution in [1.29, 1.82) is 0 Å². The molecule has 1 heterocycles. The molecule has 2 unspecified atom stereocenters. The van der Waals surface area contributed by atoms with Gasteiger partial charge < -0.3 is 20.1 Å². The first-order valence-electron chi connectivity index (χ1n) is 12.7. The Morgan fingerprint density at radius 2 is 1.68 bits per heavy atom. The van der Waals surface area contributed by atoms with Gasteiger partial charge in [0.05, 0.1) is 23.2 Å². The number of ether oxygens (including phenoxy) is 1. The van der Waals surface area contributed by atoms with Crippen molar-refractivity contribution in [2.24, 2.45) is 5.92 Å². The van der Waals surface area contributed by atoms with Gasteiger partial charge in [-0.15, -0.1) is 0 Å². The molecule has 0 bridgehead atoms. The smallest absolute Gasteiger partial charge is 0.407 e. The molecule has 2 aromatic rings. The van der Waals surface area contributed by atoms with Crippen LogP contribution in [0.5, 0.6) is 0 Å². The molecule has 1 aliphatic heterocycles. The van der Waals surface area contributed by atoms with Crippen molar-refractivity contribution in [3.63, 3.8) is 0 Å². The summed E-state index contributed by atoms with van der Waals surface area (Å²) in [6, 6.07) is 14.1. The summed E-state index contributed by atoms with van der Waals surface area (Å²) in [6.45, 7) is 9.45. The van der Waals surface area contributed by atoms with Crippen LogP contribution in [0, 0.1) is 5.92 Å². The number of hydrogen-bond donors (Lipinski definition) is 3. The maximum Gasteiger partial charge on any atom is 0.407 e. The van der Waals surface area contributed by atoms with Crippen LogP contribution in [0.15, 0.2) is 59.5 Å². The molecule has 1 saturated heterocycles. The first kappa shape index (κ1) is 29.6. The lowest BCUT2D eigenvalue weighted by Gasteiger charge is -2.29. The highest BCUT2D eigenvalue weighted by atomic mass is 32.2. The Labute approximate surface area is 225 Å². The molecule has 9 nitrogen and oxygen atoms in total. The number of amides is 2. The minimum Gasteiger partial charge on any atom is -0.444 e. The molecule has 0 saturated carbocycles. The van der Waals surface area contributed by atoms with Crippen molar-refractivity contribution in [1.82, 2.24) is 15.5 Å². The van der Waals surface area contributed by atoms with Crippen molar-refractivity contribution in [3.05, 3.63) is 65.7 Å². The van der Waals surface area contributed by atoms with Crippen LogP contribution in [0.3, 0.4) is 0 Å². The van der Waals surface area contributed by atoms with Crippen molar-refractivity contribution < 1.29 is 27.9 Å². The van der Waals surface area contributed by atoms with E-state index in [-0.39, 0.29) is 29.4 Å². The van der Waals surface area contributed by atoms with E-state index in [0.717, 1.165) is 17.4 Å². The van der Waals surface area contributed by atoms with E-state index in [1.807, 2.05) is 44.2 Å². The van der Waals surface area contributed by atoms with Crippen LogP contribution >= 0.6 is 0 Å². The monoisotopic (exact) mass is 545 g/mol. The number of benzene rings is 2. The van der Waals surface area contributed by atoms with Gasteiger partial charge in [-0.3, -0.25) is 10.1 Å².